The standard InChI is InChI=1S/C14H16ClFO2/c1-8(17)10-6-11(14(18)7-10)4-9-2-3-13(16)12(15)5-9/h2-3,5,10-11,14,18H,4,6-7H2,1H3/t10-,11-,14?/m0/s1. The van der Waals surface area contributed by atoms with Crippen LogP contribution in [0.5, 0.6) is 0 Å². The van der Waals surface area contributed by atoms with Crippen molar-refractivity contribution >= 4 is 17.4 Å². The molecule has 18 heavy (non-hydrogen) atoms. The van der Waals surface area contributed by atoms with Crippen LogP contribution in [0.1, 0.15) is 25.3 Å². The van der Waals surface area contributed by atoms with Gasteiger partial charge in [-0.3, -0.25) is 4.79 Å². The van der Waals surface area contributed by atoms with E-state index < -0.39 is 11.9 Å². The Labute approximate surface area is 111 Å². The maximum absolute atomic E-state index is 13.0. The molecule has 98 valence electrons. The first-order chi connectivity index (χ1) is 8.47. The van der Waals surface area contributed by atoms with Crippen molar-refractivity contribution in [2.24, 2.45) is 11.8 Å². The van der Waals surface area contributed by atoms with Crippen LogP contribution in [0, 0.1) is 17.7 Å². The minimum Gasteiger partial charge on any atom is -0.393 e. The van der Waals surface area contributed by atoms with Crippen molar-refractivity contribution in [2.75, 3.05) is 0 Å². The monoisotopic (exact) mass is 270 g/mol. The first-order valence-corrected chi connectivity index (χ1v) is 6.47. The van der Waals surface area contributed by atoms with E-state index in [1.807, 2.05) is 0 Å². The zero-order chi connectivity index (χ0) is 13.3. The van der Waals surface area contributed by atoms with Crippen molar-refractivity contribution in [2.45, 2.75) is 32.3 Å². The Morgan fingerprint density at radius 2 is 2.22 bits per heavy atom. The first-order valence-electron chi connectivity index (χ1n) is 6.10. The van der Waals surface area contributed by atoms with E-state index in [4.69, 9.17) is 11.6 Å². The average Bonchev–Trinajstić information content (AvgIpc) is 2.66. The summed E-state index contributed by atoms with van der Waals surface area (Å²) in [5.74, 6) is -0.288. The molecular weight excluding hydrogens is 255 g/mol. The van der Waals surface area contributed by atoms with Crippen LogP contribution in [0.25, 0.3) is 0 Å². The molecule has 0 aliphatic heterocycles. The maximum atomic E-state index is 13.0. The molecule has 1 saturated carbocycles. The van der Waals surface area contributed by atoms with Gasteiger partial charge in [-0.1, -0.05) is 17.7 Å². The summed E-state index contributed by atoms with van der Waals surface area (Å²) in [5.41, 5.74) is 0.898. The van der Waals surface area contributed by atoms with Gasteiger partial charge in [0.15, 0.2) is 0 Å². The number of rotatable bonds is 3. The number of aliphatic hydroxyl groups is 1. The Morgan fingerprint density at radius 1 is 1.50 bits per heavy atom. The van der Waals surface area contributed by atoms with Crippen LogP contribution in [0.15, 0.2) is 18.2 Å². The quantitative estimate of drug-likeness (QED) is 0.917. The number of hydrogen-bond acceptors (Lipinski definition) is 2. The molecule has 0 amide bonds. The molecule has 0 saturated heterocycles. The molecule has 2 rings (SSSR count). The molecule has 3 atom stereocenters. The van der Waals surface area contributed by atoms with Crippen LogP contribution >= 0.6 is 11.6 Å². The van der Waals surface area contributed by atoms with Gasteiger partial charge in [0.1, 0.15) is 11.6 Å². The number of carbonyl (C=O) groups excluding carboxylic acids is 1. The highest BCUT2D eigenvalue weighted by molar-refractivity contribution is 6.30. The van der Waals surface area contributed by atoms with E-state index >= 15 is 0 Å². The van der Waals surface area contributed by atoms with Crippen LogP contribution in [0.2, 0.25) is 5.02 Å². The lowest BCUT2D eigenvalue weighted by Crippen LogP contribution is -2.15. The molecule has 0 aromatic heterocycles. The van der Waals surface area contributed by atoms with Crippen LogP contribution < -0.4 is 0 Å². The fraction of sp³-hybridized carbons (Fsp3) is 0.500. The van der Waals surface area contributed by atoms with Gasteiger partial charge in [-0.25, -0.2) is 4.39 Å². The lowest BCUT2D eigenvalue weighted by Gasteiger charge is -2.14. The van der Waals surface area contributed by atoms with Gasteiger partial charge in [-0.05, 0) is 49.8 Å². The second kappa shape index (κ2) is 5.37. The summed E-state index contributed by atoms with van der Waals surface area (Å²) in [6.07, 6.45) is 1.41. The molecule has 1 unspecified atom stereocenters. The molecule has 0 radical (unpaired) electrons. The summed E-state index contributed by atoms with van der Waals surface area (Å²) in [6.45, 7) is 1.56. The second-order valence-corrected chi connectivity index (χ2v) is 5.47. The van der Waals surface area contributed by atoms with Gasteiger partial charge < -0.3 is 5.11 Å². The molecule has 1 fully saturated rings. The fourth-order valence-corrected chi connectivity index (χ4v) is 2.83. The van der Waals surface area contributed by atoms with Gasteiger partial charge in [0, 0.05) is 5.92 Å². The van der Waals surface area contributed by atoms with Crippen molar-refractivity contribution in [3.05, 3.63) is 34.6 Å². The number of halogens is 2. The normalized spacial score (nSPS) is 27.4. The summed E-state index contributed by atoms with van der Waals surface area (Å²) in [7, 11) is 0. The molecule has 2 nitrogen and oxygen atoms in total. The molecule has 1 aliphatic carbocycles. The SMILES string of the molecule is CC(=O)[C@@H]1CC(O)[C@@H](Cc2ccc(F)c(Cl)c2)C1. The number of Topliss-reactive ketones (excluding diaryl/α,β-unsaturated/α-hetero) is 1. The van der Waals surface area contributed by atoms with E-state index in [9.17, 15) is 14.3 Å². The van der Waals surface area contributed by atoms with Gasteiger partial charge in [-0.15, -0.1) is 0 Å². The Balaban J connectivity index is 2.05. The van der Waals surface area contributed by atoms with Gasteiger partial charge in [-0.2, -0.15) is 0 Å². The molecular formula is C14H16ClFO2. The molecule has 1 aromatic carbocycles. The Morgan fingerprint density at radius 3 is 2.78 bits per heavy atom. The maximum Gasteiger partial charge on any atom is 0.141 e. The van der Waals surface area contributed by atoms with E-state index in [2.05, 4.69) is 0 Å². The molecule has 1 aliphatic rings. The van der Waals surface area contributed by atoms with E-state index in [1.165, 1.54) is 6.07 Å². The Bertz CT molecular complexity index is 461. The highest BCUT2D eigenvalue weighted by atomic mass is 35.5. The fourth-order valence-electron chi connectivity index (χ4n) is 2.62. The predicted octanol–water partition coefficient (Wildman–Crippen LogP) is 3.00. The van der Waals surface area contributed by atoms with E-state index in [0.717, 1.165) is 5.56 Å². The minimum atomic E-state index is -0.456. The van der Waals surface area contributed by atoms with E-state index in [-0.39, 0.29) is 22.6 Å². The third-order valence-corrected chi connectivity index (χ3v) is 4.00. The first kappa shape index (κ1) is 13.5. The summed E-state index contributed by atoms with van der Waals surface area (Å²) in [6, 6.07) is 4.60. The largest absolute Gasteiger partial charge is 0.393 e. The number of hydrogen-bond donors (Lipinski definition) is 1. The Hall–Kier alpha value is -0.930. The topological polar surface area (TPSA) is 37.3 Å². The van der Waals surface area contributed by atoms with E-state index in [1.54, 1.807) is 19.1 Å². The number of benzene rings is 1. The Kier molecular flexibility index (Phi) is 4.03. The zero-order valence-electron chi connectivity index (χ0n) is 10.2. The van der Waals surface area contributed by atoms with Crippen molar-refractivity contribution < 1.29 is 14.3 Å². The summed E-state index contributed by atoms with van der Waals surface area (Å²) in [5, 5.41) is 10.0. The predicted molar refractivity (Wildman–Crippen MR) is 68.0 cm³/mol. The summed E-state index contributed by atoms with van der Waals surface area (Å²) in [4.78, 5) is 11.3. The lowest BCUT2D eigenvalue weighted by molar-refractivity contribution is -0.120. The molecule has 0 heterocycles. The van der Waals surface area contributed by atoms with Crippen molar-refractivity contribution in [3.8, 4) is 0 Å². The van der Waals surface area contributed by atoms with Crippen molar-refractivity contribution in [1.29, 1.82) is 0 Å². The minimum absolute atomic E-state index is 0.0408. The third-order valence-electron chi connectivity index (χ3n) is 3.71. The number of ketones is 1. The van der Waals surface area contributed by atoms with Crippen molar-refractivity contribution in [3.63, 3.8) is 0 Å². The molecule has 0 bridgehead atoms. The van der Waals surface area contributed by atoms with Gasteiger partial charge in [0.2, 0.25) is 0 Å². The number of carbonyl (C=O) groups is 1. The molecule has 0 spiro atoms. The zero-order valence-corrected chi connectivity index (χ0v) is 11.0. The van der Waals surface area contributed by atoms with E-state index in [0.29, 0.717) is 19.3 Å². The van der Waals surface area contributed by atoms with Gasteiger partial charge >= 0.3 is 0 Å². The summed E-state index contributed by atoms with van der Waals surface area (Å²) < 4.78 is 13.0. The highest BCUT2D eigenvalue weighted by Gasteiger charge is 2.35. The molecule has 4 heteroatoms. The third kappa shape index (κ3) is 2.90. The van der Waals surface area contributed by atoms with Crippen LogP contribution in [-0.4, -0.2) is 17.0 Å². The van der Waals surface area contributed by atoms with Crippen LogP contribution in [0.3, 0.4) is 0 Å². The van der Waals surface area contributed by atoms with Crippen LogP contribution in [0.4, 0.5) is 4.39 Å². The smallest absolute Gasteiger partial charge is 0.141 e. The van der Waals surface area contributed by atoms with Gasteiger partial charge in [0.05, 0.1) is 11.1 Å². The summed E-state index contributed by atoms with van der Waals surface area (Å²) >= 11 is 5.72. The van der Waals surface area contributed by atoms with Crippen molar-refractivity contribution in [1.82, 2.24) is 0 Å². The highest BCUT2D eigenvalue weighted by Crippen LogP contribution is 2.34. The lowest BCUT2D eigenvalue weighted by atomic mass is 9.95. The second-order valence-electron chi connectivity index (χ2n) is 5.06. The average molecular weight is 271 g/mol. The van der Waals surface area contributed by atoms with Crippen LogP contribution in [-0.2, 0) is 11.2 Å². The molecule has 1 aromatic rings. The molecule has 1 N–H and O–H groups in total. The van der Waals surface area contributed by atoms with Gasteiger partial charge in [0.25, 0.3) is 0 Å². The number of aliphatic hydroxyl groups excluding tert-OH is 1.